The summed E-state index contributed by atoms with van der Waals surface area (Å²) in [5, 5.41) is 8.04. The van der Waals surface area contributed by atoms with Gasteiger partial charge in [-0.2, -0.15) is 11.8 Å². The summed E-state index contributed by atoms with van der Waals surface area (Å²) < 4.78 is 5.75. The molecule has 0 fully saturated rings. The van der Waals surface area contributed by atoms with Crippen molar-refractivity contribution in [2.24, 2.45) is 0 Å². The van der Waals surface area contributed by atoms with E-state index in [1.165, 1.54) is 33.0 Å². The van der Waals surface area contributed by atoms with Gasteiger partial charge in [0, 0.05) is 45.9 Å². The highest BCUT2D eigenvalue weighted by Gasteiger charge is 2.19. The van der Waals surface area contributed by atoms with Crippen molar-refractivity contribution in [2.75, 3.05) is 25.1 Å². The smallest absolute Gasteiger partial charge is 0.243 e. The molecule has 0 heterocycles. The van der Waals surface area contributed by atoms with Crippen molar-refractivity contribution >= 4 is 41.0 Å². The molecule has 0 spiro atoms. The first-order chi connectivity index (χ1) is 13.8. The minimum absolute atomic E-state index is 0.0320. The van der Waals surface area contributed by atoms with Crippen LogP contribution in [0.3, 0.4) is 0 Å². The Morgan fingerprint density at radius 1 is 0.857 bits per heavy atom. The van der Waals surface area contributed by atoms with Crippen LogP contribution in [0.2, 0.25) is 0 Å². The number of ketones is 2. The third-order valence-corrected chi connectivity index (χ3v) is 4.26. The molecule has 3 amide bonds. The van der Waals surface area contributed by atoms with Crippen LogP contribution in [0.15, 0.2) is 0 Å². The summed E-state index contributed by atoms with van der Waals surface area (Å²) in [5.41, 5.74) is 0. The van der Waals surface area contributed by atoms with Crippen LogP contribution >= 0.6 is 11.8 Å². The second-order valence-electron chi connectivity index (χ2n) is 6.33. The van der Waals surface area contributed by atoms with Gasteiger partial charge in [0.1, 0.15) is 17.6 Å². The minimum atomic E-state index is -0.656. The van der Waals surface area contributed by atoms with Crippen molar-refractivity contribution in [1.82, 2.24) is 16.0 Å². The van der Waals surface area contributed by atoms with Crippen LogP contribution in [0.4, 0.5) is 0 Å². The molecule has 0 aromatic rings. The van der Waals surface area contributed by atoms with Crippen LogP contribution in [0.5, 0.6) is 0 Å². The average Bonchev–Trinajstić information content (AvgIpc) is 2.65. The molecule has 0 saturated heterocycles. The maximum Gasteiger partial charge on any atom is 0.243 e. The van der Waals surface area contributed by atoms with Crippen LogP contribution in [0.1, 0.15) is 61.1 Å². The summed E-state index contributed by atoms with van der Waals surface area (Å²) in [6.07, 6.45) is 4.02. The van der Waals surface area contributed by atoms with E-state index in [4.69, 9.17) is 1.37 Å². The topological polar surface area (TPSA) is 121 Å². The quantitative estimate of drug-likeness (QED) is 0.344. The van der Waals surface area contributed by atoms with Crippen molar-refractivity contribution in [3.05, 3.63) is 0 Å². The van der Waals surface area contributed by atoms with Gasteiger partial charge in [0.15, 0.2) is 0 Å². The van der Waals surface area contributed by atoms with E-state index in [1.54, 1.807) is 0 Å². The van der Waals surface area contributed by atoms with Crippen LogP contribution in [-0.2, 0) is 24.0 Å². The number of carbonyl (C=O) groups is 5. The maximum absolute atomic E-state index is 12.2. The molecule has 0 saturated carbocycles. The second-order valence-corrected chi connectivity index (χ2v) is 7.24. The van der Waals surface area contributed by atoms with Crippen LogP contribution in [0.25, 0.3) is 0 Å². The van der Waals surface area contributed by atoms with Crippen molar-refractivity contribution in [2.45, 2.75) is 65.8 Å². The largest absolute Gasteiger partial charge is 0.354 e. The third-order valence-electron chi connectivity index (χ3n) is 3.60. The molecule has 3 N–H and O–H groups in total. The summed E-state index contributed by atoms with van der Waals surface area (Å²) in [6.45, 7) is 3.50. The number of amides is 3. The Labute approximate surface area is 173 Å². The van der Waals surface area contributed by atoms with E-state index in [0.29, 0.717) is 31.4 Å². The molecule has 1 atom stereocenters. The standard InChI is InChI=1S/C18H31N3O5S.CH4/c1-13(22)6-4-8-16(24)19-10-11-20-18(26)15(12-27-3)21-17(25)9-5-7-14(2)23;/h15H,4-12H2,1-3H3,(H,19,24)(H,20,26)(H,21,25);1H4/t15-;/m0./s1/i;1D. The third kappa shape index (κ3) is 16.3. The highest BCUT2D eigenvalue weighted by molar-refractivity contribution is 7.98. The average molecular weight is 419 g/mol. The molecule has 0 aliphatic carbocycles. The van der Waals surface area contributed by atoms with Gasteiger partial charge < -0.3 is 25.5 Å². The molecule has 162 valence electrons. The van der Waals surface area contributed by atoms with Crippen molar-refractivity contribution in [1.29, 1.82) is 0 Å². The Morgan fingerprint density at radius 3 is 1.86 bits per heavy atom. The van der Waals surface area contributed by atoms with E-state index in [0.717, 1.165) is 0 Å². The fourth-order valence-corrected chi connectivity index (χ4v) is 2.78. The van der Waals surface area contributed by atoms with Crippen LogP contribution in [0, 0.1) is 0 Å². The Hall–Kier alpha value is -1.90. The molecule has 0 aliphatic rings. The van der Waals surface area contributed by atoms with Crippen molar-refractivity contribution < 1.29 is 25.3 Å². The van der Waals surface area contributed by atoms with E-state index < -0.39 is 6.04 Å². The molecule has 8 nitrogen and oxygen atoms in total. The lowest BCUT2D eigenvalue weighted by Gasteiger charge is -2.17. The van der Waals surface area contributed by atoms with E-state index in [1.807, 2.05) is 6.26 Å². The van der Waals surface area contributed by atoms with Gasteiger partial charge in [-0.15, -0.1) is 0 Å². The van der Waals surface area contributed by atoms with Crippen molar-refractivity contribution in [3.8, 4) is 0 Å². The number of thioether (sulfide) groups is 1. The molecular formula is C19H35N3O5S. The van der Waals surface area contributed by atoms with E-state index >= 15 is 0 Å². The number of hydrogen-bond acceptors (Lipinski definition) is 6. The molecule has 9 heteroatoms. The van der Waals surface area contributed by atoms with E-state index in [9.17, 15) is 24.0 Å². The molecule has 28 heavy (non-hydrogen) atoms. The Morgan fingerprint density at radius 2 is 1.36 bits per heavy atom. The van der Waals surface area contributed by atoms with E-state index in [2.05, 4.69) is 16.0 Å². The van der Waals surface area contributed by atoms with Crippen molar-refractivity contribution in [3.63, 3.8) is 0 Å². The Bertz CT molecular complexity index is 532. The lowest BCUT2D eigenvalue weighted by atomic mass is 10.2. The minimum Gasteiger partial charge on any atom is -0.354 e. The van der Waals surface area contributed by atoms with Gasteiger partial charge in [-0.05, 0) is 32.9 Å². The predicted octanol–water partition coefficient (Wildman–Crippen LogP) is 1.22. The monoisotopic (exact) mass is 418 g/mol. The molecule has 0 unspecified atom stereocenters. The zero-order valence-electron chi connectivity index (χ0n) is 18.4. The molecule has 0 bridgehead atoms. The van der Waals surface area contributed by atoms with Crippen LogP contribution in [-0.4, -0.2) is 60.4 Å². The first kappa shape index (κ1) is 26.1. The summed E-state index contributed by atoms with van der Waals surface area (Å²) >= 11 is 1.44. The summed E-state index contributed by atoms with van der Waals surface area (Å²) in [6, 6.07) is -0.656. The summed E-state index contributed by atoms with van der Waals surface area (Å²) in [4.78, 5) is 57.4. The first-order valence-electron chi connectivity index (χ1n) is 10.1. The Kier molecular flexibility index (Phi) is 16.0. The fraction of sp³-hybridized carbons (Fsp3) is 0.737. The molecule has 0 aliphatic heterocycles. The van der Waals surface area contributed by atoms with Gasteiger partial charge in [0.25, 0.3) is 0 Å². The number of nitrogens with one attached hydrogen (secondary N) is 3. The predicted molar refractivity (Wildman–Crippen MR) is 112 cm³/mol. The summed E-state index contributed by atoms with van der Waals surface area (Å²) in [7, 11) is 1.25. The zero-order valence-corrected chi connectivity index (χ0v) is 18.2. The lowest BCUT2D eigenvalue weighted by Crippen LogP contribution is -2.49. The maximum atomic E-state index is 12.2. The zero-order chi connectivity index (χ0) is 22.7. The second kappa shape index (κ2) is 17.2. The van der Waals surface area contributed by atoms with Gasteiger partial charge in [0.2, 0.25) is 17.7 Å². The molecule has 0 radical (unpaired) electrons. The summed E-state index contributed by atoms with van der Waals surface area (Å²) in [5.74, 6) is -0.214. The van der Waals surface area contributed by atoms with Crippen LogP contribution < -0.4 is 16.0 Å². The number of hydrogen-bond donors (Lipinski definition) is 3. The molecular weight excluding hydrogens is 382 g/mol. The highest BCUT2D eigenvalue weighted by Crippen LogP contribution is 2.01. The molecule has 0 rings (SSSR count). The molecule has 0 aromatic heterocycles. The van der Waals surface area contributed by atoms with E-state index in [-0.39, 0.29) is 55.2 Å². The van der Waals surface area contributed by atoms with Gasteiger partial charge in [0.05, 0.1) is 0 Å². The highest BCUT2D eigenvalue weighted by atomic mass is 32.2. The molecule has 0 aromatic carbocycles. The SMILES string of the molecule is CSC[C@H](NC(=O)CCCC(C)=O)C(=O)NCCNC(=O)CCCC(C)=O.[2H]C. The first-order valence-corrected chi connectivity index (χ1v) is 10.5. The normalized spacial score (nSPS) is 11.2. The lowest BCUT2D eigenvalue weighted by molar-refractivity contribution is -0.128. The number of carbonyl (C=O) groups excluding carboxylic acids is 5. The van der Waals surface area contributed by atoms with Gasteiger partial charge >= 0.3 is 0 Å². The van der Waals surface area contributed by atoms with Gasteiger partial charge in [-0.3, -0.25) is 14.4 Å². The van der Waals surface area contributed by atoms with Gasteiger partial charge in [-0.1, -0.05) is 7.40 Å². The fourth-order valence-electron chi connectivity index (χ4n) is 2.21. The van der Waals surface area contributed by atoms with Gasteiger partial charge in [-0.25, -0.2) is 0 Å². The number of Topliss-reactive ketones (excluding diaryl/α,β-unsaturated/α-hetero) is 2. The Balaban J connectivity index is 0. The number of rotatable bonds is 15.